The second-order valence-electron chi connectivity index (χ2n) is 9.68. The predicted octanol–water partition coefficient (Wildman–Crippen LogP) is -0.580. The number of aromatic nitrogens is 2. The van der Waals surface area contributed by atoms with Gasteiger partial charge in [0.05, 0.1) is 7.11 Å². The molecule has 15 heteroatoms. The average molecular weight is 763 g/mol. The lowest BCUT2D eigenvalue weighted by Gasteiger charge is -2.49. The average Bonchev–Trinajstić information content (AvgIpc) is 3.49. The summed E-state index contributed by atoms with van der Waals surface area (Å²) in [5, 5.41) is 7.85. The SMILES string of the molecule is CO/N=C(\C(=O)N[C@@H]1C(=O)N2C(C(=O)OCc3ccc(OC)cc3)=C(C/C=C/C[n+]3ccccc3)CS[C@H]12)c1csc(N)n1.[I-]. The first-order valence-electron chi connectivity index (χ1n) is 13.6. The number of esters is 1. The Balaban J connectivity index is 0.00000461. The minimum absolute atomic E-state index is 0. The summed E-state index contributed by atoms with van der Waals surface area (Å²) < 4.78 is 12.9. The number of methoxy groups -OCH3 is 1. The molecule has 0 saturated carbocycles. The van der Waals surface area contributed by atoms with E-state index in [4.69, 9.17) is 20.0 Å². The van der Waals surface area contributed by atoms with Gasteiger partial charge in [-0.05, 0) is 35.8 Å². The van der Waals surface area contributed by atoms with Crippen molar-refractivity contribution in [2.75, 3.05) is 25.7 Å². The molecule has 0 bridgehead atoms. The van der Waals surface area contributed by atoms with Gasteiger partial charge >= 0.3 is 5.97 Å². The number of hydrogen-bond acceptors (Lipinski definition) is 11. The van der Waals surface area contributed by atoms with Gasteiger partial charge in [0.15, 0.2) is 29.8 Å². The molecule has 5 rings (SSSR count). The van der Waals surface area contributed by atoms with Crippen molar-refractivity contribution in [3.63, 3.8) is 0 Å². The number of allylic oxidation sites excluding steroid dienone is 2. The van der Waals surface area contributed by atoms with E-state index < -0.39 is 29.2 Å². The number of nitrogens with one attached hydrogen (secondary N) is 1. The maximum Gasteiger partial charge on any atom is 0.355 e. The van der Waals surface area contributed by atoms with Crippen LogP contribution in [0.3, 0.4) is 0 Å². The highest BCUT2D eigenvalue weighted by molar-refractivity contribution is 8.00. The molecule has 2 aromatic heterocycles. The van der Waals surface area contributed by atoms with Gasteiger partial charge in [0.25, 0.3) is 11.8 Å². The molecule has 2 atom stereocenters. The lowest BCUT2D eigenvalue weighted by Crippen LogP contribution is -3.00. The number of fused-ring (bicyclic) bond motifs is 1. The Morgan fingerprint density at radius 3 is 2.60 bits per heavy atom. The normalized spacial score (nSPS) is 17.7. The van der Waals surface area contributed by atoms with Gasteiger partial charge in [-0.3, -0.25) is 14.5 Å². The zero-order valence-electron chi connectivity index (χ0n) is 24.4. The Kier molecular flexibility index (Phi) is 12.0. The van der Waals surface area contributed by atoms with Crippen molar-refractivity contribution in [3.8, 4) is 5.75 Å². The highest BCUT2D eigenvalue weighted by atomic mass is 127. The summed E-state index contributed by atoms with van der Waals surface area (Å²) in [5.74, 6) is -0.519. The third-order valence-corrected chi connectivity index (χ3v) is 8.86. The van der Waals surface area contributed by atoms with Gasteiger partial charge in [-0.2, -0.15) is 0 Å². The lowest BCUT2D eigenvalue weighted by atomic mass is 10.0. The van der Waals surface area contributed by atoms with Crippen LogP contribution in [-0.2, 0) is 37.1 Å². The van der Waals surface area contributed by atoms with Crippen LogP contribution in [0, 0.1) is 0 Å². The number of carbonyl (C=O) groups is 3. The number of nitrogens with zero attached hydrogens (tertiary/aromatic N) is 4. The summed E-state index contributed by atoms with van der Waals surface area (Å²) in [6.07, 6.45) is 8.37. The van der Waals surface area contributed by atoms with E-state index in [0.717, 1.165) is 22.5 Å². The molecule has 0 aliphatic carbocycles. The summed E-state index contributed by atoms with van der Waals surface area (Å²) in [4.78, 5) is 50.5. The number of rotatable bonds is 12. The number of pyridine rings is 1. The largest absolute Gasteiger partial charge is 1.00 e. The summed E-state index contributed by atoms with van der Waals surface area (Å²) in [6.45, 7) is 0.682. The van der Waals surface area contributed by atoms with Gasteiger partial charge in [-0.1, -0.05) is 29.4 Å². The van der Waals surface area contributed by atoms with Crippen molar-refractivity contribution in [2.45, 2.75) is 31.0 Å². The number of nitrogens with two attached hydrogens (primary N) is 1. The molecule has 3 N–H and O–H groups in total. The Morgan fingerprint density at radius 2 is 1.93 bits per heavy atom. The number of ether oxygens (including phenoxy) is 2. The number of anilines is 1. The fourth-order valence-electron chi connectivity index (χ4n) is 4.65. The number of oxime groups is 1. The topological polar surface area (TPSA) is 149 Å². The number of thioether (sulfide) groups is 1. The van der Waals surface area contributed by atoms with Crippen molar-refractivity contribution in [1.29, 1.82) is 0 Å². The minimum atomic E-state index is -0.888. The predicted molar refractivity (Wildman–Crippen MR) is 165 cm³/mol. The molecule has 0 spiro atoms. The molecule has 1 fully saturated rings. The van der Waals surface area contributed by atoms with Gasteiger partial charge in [0.1, 0.15) is 42.3 Å². The summed E-state index contributed by atoms with van der Waals surface area (Å²) in [5.41, 5.74) is 7.58. The molecule has 2 amide bonds. The molecule has 12 nitrogen and oxygen atoms in total. The van der Waals surface area contributed by atoms with E-state index in [1.54, 1.807) is 36.8 Å². The lowest BCUT2D eigenvalue weighted by molar-refractivity contribution is -0.687. The van der Waals surface area contributed by atoms with Crippen LogP contribution in [0.5, 0.6) is 5.75 Å². The molecule has 4 heterocycles. The molecule has 2 aliphatic rings. The first kappa shape index (κ1) is 33.9. The van der Waals surface area contributed by atoms with E-state index in [9.17, 15) is 14.4 Å². The van der Waals surface area contributed by atoms with Crippen LogP contribution >= 0.6 is 23.1 Å². The van der Waals surface area contributed by atoms with Crippen LogP contribution in [-0.4, -0.2) is 64.8 Å². The second-order valence-corrected chi connectivity index (χ2v) is 11.7. The van der Waals surface area contributed by atoms with Crippen molar-refractivity contribution < 1.29 is 57.2 Å². The van der Waals surface area contributed by atoms with Crippen LogP contribution in [0.25, 0.3) is 0 Å². The van der Waals surface area contributed by atoms with E-state index in [2.05, 4.69) is 15.5 Å². The van der Waals surface area contributed by atoms with E-state index in [-0.39, 0.29) is 52.8 Å². The minimum Gasteiger partial charge on any atom is -1.00 e. The van der Waals surface area contributed by atoms with Crippen LogP contribution in [0.2, 0.25) is 0 Å². The van der Waals surface area contributed by atoms with Gasteiger partial charge in [-0.15, -0.1) is 23.1 Å². The Bertz CT molecular complexity index is 1610. The molecule has 45 heavy (non-hydrogen) atoms. The van der Waals surface area contributed by atoms with E-state index >= 15 is 0 Å². The summed E-state index contributed by atoms with van der Waals surface area (Å²) in [7, 11) is 2.88. The van der Waals surface area contributed by atoms with Crippen molar-refractivity contribution in [3.05, 3.63) is 94.9 Å². The maximum absolute atomic E-state index is 13.5. The van der Waals surface area contributed by atoms with Crippen LogP contribution in [0.15, 0.2) is 88.8 Å². The molecule has 3 aromatic rings. The number of nitrogen functional groups attached to an aromatic ring is 1. The Morgan fingerprint density at radius 1 is 1.18 bits per heavy atom. The maximum atomic E-state index is 13.5. The number of amides is 2. The third-order valence-electron chi connectivity index (χ3n) is 6.84. The van der Waals surface area contributed by atoms with Gasteiger partial charge in [-0.25, -0.2) is 14.3 Å². The van der Waals surface area contributed by atoms with Crippen molar-refractivity contribution >= 4 is 51.7 Å². The fourth-order valence-corrected chi connectivity index (χ4v) is 6.56. The number of benzene rings is 1. The summed E-state index contributed by atoms with van der Waals surface area (Å²) in [6, 6.07) is 12.1. The van der Waals surface area contributed by atoms with Gasteiger partial charge in [0, 0.05) is 23.3 Å². The molecule has 2 aliphatic heterocycles. The first-order chi connectivity index (χ1) is 21.4. The van der Waals surface area contributed by atoms with Crippen LogP contribution in [0.1, 0.15) is 17.7 Å². The molecule has 1 aromatic carbocycles. The zero-order chi connectivity index (χ0) is 31.1. The number of hydrogen-bond donors (Lipinski definition) is 2. The molecule has 1 saturated heterocycles. The standard InChI is InChI=1S/C30H30N6O6S2.HI/c1-40-21-11-9-19(10-12-21)16-42-29(39)25-20(8-4-7-15-35-13-5-3-6-14-35)17-43-28-24(27(38)36(25)28)33-26(37)23(34-41-2)22-18-44-30(31)32-22;/h3-7,9-14,18,24,28H,8,15-17H2,1-2H3,(H2-,31,32,33,37);1H/b7-4+,34-23-;/t24-,28-;/m1./s1. The van der Waals surface area contributed by atoms with E-state index in [1.807, 2.05) is 47.3 Å². The third kappa shape index (κ3) is 8.01. The van der Waals surface area contributed by atoms with Crippen molar-refractivity contribution in [1.82, 2.24) is 15.2 Å². The quantitative estimate of drug-likeness (QED) is 0.0471. The molecule has 0 unspecified atom stereocenters. The van der Waals surface area contributed by atoms with Gasteiger partial charge < -0.3 is 49.3 Å². The van der Waals surface area contributed by atoms with Crippen LogP contribution < -0.4 is 44.3 Å². The monoisotopic (exact) mass is 762 g/mol. The number of halogens is 1. The highest BCUT2D eigenvalue weighted by Crippen LogP contribution is 2.41. The van der Waals surface area contributed by atoms with E-state index in [0.29, 0.717) is 24.5 Å². The number of carbonyl (C=O) groups excluding carboxylic acids is 3. The second kappa shape index (κ2) is 15.9. The Hall–Kier alpha value is -3.96. The zero-order valence-corrected chi connectivity index (χ0v) is 28.2. The Labute approximate surface area is 285 Å². The first-order valence-corrected chi connectivity index (χ1v) is 15.5. The van der Waals surface area contributed by atoms with Crippen molar-refractivity contribution in [2.24, 2.45) is 5.16 Å². The number of thiazole rings is 1. The highest BCUT2D eigenvalue weighted by Gasteiger charge is 2.54. The molecule has 236 valence electrons. The molecular formula is C30H31IN6O6S2. The molecular weight excluding hydrogens is 731 g/mol. The molecule has 0 radical (unpaired) electrons. The number of β-lactam (4-membered cyclic amide) rings is 1. The fraction of sp³-hybridized carbons (Fsp3) is 0.267. The van der Waals surface area contributed by atoms with Crippen LogP contribution in [0.4, 0.5) is 5.13 Å². The van der Waals surface area contributed by atoms with Gasteiger partial charge in [0.2, 0.25) is 0 Å². The summed E-state index contributed by atoms with van der Waals surface area (Å²) >= 11 is 2.61. The van der Waals surface area contributed by atoms with E-state index in [1.165, 1.54) is 23.8 Å². The smallest absolute Gasteiger partial charge is 0.355 e.